The van der Waals surface area contributed by atoms with E-state index in [4.69, 9.17) is 14.3 Å². The summed E-state index contributed by atoms with van der Waals surface area (Å²) in [5.74, 6) is 1.63. The van der Waals surface area contributed by atoms with Crippen molar-refractivity contribution in [2.45, 2.75) is 57.5 Å². The third-order valence-corrected chi connectivity index (χ3v) is 6.33. The molecule has 2 saturated heterocycles. The minimum absolute atomic E-state index is 0.269. The summed E-state index contributed by atoms with van der Waals surface area (Å²) in [7, 11) is 0. The van der Waals surface area contributed by atoms with Crippen LogP contribution in [0.5, 0.6) is 0 Å². The summed E-state index contributed by atoms with van der Waals surface area (Å²) in [6, 6.07) is 9.18. The Morgan fingerprint density at radius 2 is 1.76 bits per heavy atom. The Morgan fingerprint density at radius 3 is 2.52 bits per heavy atom. The largest absolute Gasteiger partial charge is 0.419 e. The Hall–Kier alpha value is -2.25. The molecule has 4 heterocycles. The highest BCUT2D eigenvalue weighted by Gasteiger charge is 2.30. The number of para-hydroxylation sites is 1. The Labute approximate surface area is 171 Å². The van der Waals surface area contributed by atoms with Crippen molar-refractivity contribution in [3.8, 4) is 11.6 Å². The standard InChI is InChI=1S/C22H29N5O2/c1-15(2)27-19-6-4-3-5-18(19)20(25-27)22-24-23-21(29-22)16-7-11-26(12-8-16)17-9-13-28-14-10-17/h3-6,15-17H,7-14H2,1-2H3. The molecular formula is C22H29N5O2. The topological polar surface area (TPSA) is 69.2 Å². The summed E-state index contributed by atoms with van der Waals surface area (Å²) in [5, 5.41) is 14.6. The number of piperidine rings is 1. The maximum atomic E-state index is 6.15. The van der Waals surface area contributed by atoms with E-state index in [2.05, 4.69) is 41.1 Å². The second-order valence-electron chi connectivity index (χ2n) is 8.50. The van der Waals surface area contributed by atoms with Crippen LogP contribution in [0.25, 0.3) is 22.5 Å². The molecule has 0 bridgehead atoms. The van der Waals surface area contributed by atoms with Crippen molar-refractivity contribution < 1.29 is 9.15 Å². The minimum Gasteiger partial charge on any atom is -0.419 e. The van der Waals surface area contributed by atoms with Gasteiger partial charge in [-0.05, 0) is 58.7 Å². The van der Waals surface area contributed by atoms with Crippen LogP contribution < -0.4 is 0 Å². The summed E-state index contributed by atoms with van der Waals surface area (Å²) in [6.07, 6.45) is 4.45. The number of fused-ring (bicyclic) bond motifs is 1. The van der Waals surface area contributed by atoms with Gasteiger partial charge >= 0.3 is 0 Å². The molecule has 2 aromatic heterocycles. The number of nitrogens with zero attached hydrogens (tertiary/aromatic N) is 5. The van der Waals surface area contributed by atoms with Crippen LogP contribution in [-0.4, -0.2) is 57.2 Å². The first kappa shape index (κ1) is 18.8. The summed E-state index contributed by atoms with van der Waals surface area (Å²) < 4.78 is 13.7. The molecule has 7 heteroatoms. The Bertz CT molecular complexity index is 965. The molecule has 0 N–H and O–H groups in total. The molecule has 2 fully saturated rings. The van der Waals surface area contributed by atoms with Crippen LogP contribution in [0, 0.1) is 0 Å². The molecule has 5 rings (SSSR count). The van der Waals surface area contributed by atoms with Crippen molar-refractivity contribution in [1.82, 2.24) is 24.9 Å². The molecule has 3 aromatic rings. The smallest absolute Gasteiger partial charge is 0.268 e. The van der Waals surface area contributed by atoms with E-state index in [0.717, 1.165) is 74.5 Å². The lowest BCUT2D eigenvalue weighted by Crippen LogP contribution is -2.43. The number of hydrogen-bond donors (Lipinski definition) is 0. The summed E-state index contributed by atoms with van der Waals surface area (Å²) >= 11 is 0. The molecule has 0 unspecified atom stereocenters. The molecule has 1 aromatic carbocycles. The maximum absolute atomic E-state index is 6.15. The average Bonchev–Trinajstić information content (AvgIpc) is 3.40. The predicted molar refractivity (Wildman–Crippen MR) is 111 cm³/mol. The number of aromatic nitrogens is 4. The summed E-state index contributed by atoms with van der Waals surface area (Å²) in [4.78, 5) is 2.62. The second-order valence-corrected chi connectivity index (χ2v) is 8.50. The first-order valence-electron chi connectivity index (χ1n) is 10.8. The lowest BCUT2D eigenvalue weighted by Gasteiger charge is -2.38. The second kappa shape index (κ2) is 7.88. The number of likely N-dealkylation sites (tertiary alicyclic amines) is 1. The van der Waals surface area contributed by atoms with Crippen LogP contribution in [0.15, 0.2) is 28.7 Å². The number of benzene rings is 1. The van der Waals surface area contributed by atoms with Crippen molar-refractivity contribution >= 4 is 10.9 Å². The van der Waals surface area contributed by atoms with E-state index in [1.807, 2.05) is 16.8 Å². The molecule has 2 aliphatic heterocycles. The third-order valence-electron chi connectivity index (χ3n) is 6.33. The van der Waals surface area contributed by atoms with E-state index < -0.39 is 0 Å². The van der Waals surface area contributed by atoms with Gasteiger partial charge in [-0.1, -0.05) is 18.2 Å². The zero-order valence-corrected chi connectivity index (χ0v) is 17.3. The molecule has 0 saturated carbocycles. The van der Waals surface area contributed by atoms with Crippen LogP contribution in [0.2, 0.25) is 0 Å². The Balaban J connectivity index is 1.34. The molecule has 0 radical (unpaired) electrons. The van der Waals surface area contributed by atoms with E-state index in [0.29, 0.717) is 17.9 Å². The highest BCUT2D eigenvalue weighted by atomic mass is 16.5. The molecule has 29 heavy (non-hydrogen) atoms. The summed E-state index contributed by atoms with van der Waals surface area (Å²) in [5.41, 5.74) is 1.88. The summed E-state index contributed by atoms with van der Waals surface area (Å²) in [6.45, 7) is 8.25. The first-order chi connectivity index (χ1) is 14.2. The van der Waals surface area contributed by atoms with Gasteiger partial charge in [0.05, 0.1) is 5.52 Å². The van der Waals surface area contributed by atoms with Gasteiger partial charge in [-0.2, -0.15) is 5.10 Å². The molecular weight excluding hydrogens is 366 g/mol. The number of rotatable bonds is 4. The lowest BCUT2D eigenvalue weighted by atomic mass is 9.94. The lowest BCUT2D eigenvalue weighted by molar-refractivity contribution is 0.0241. The highest BCUT2D eigenvalue weighted by molar-refractivity contribution is 5.91. The van der Waals surface area contributed by atoms with Crippen molar-refractivity contribution in [3.05, 3.63) is 30.2 Å². The highest BCUT2D eigenvalue weighted by Crippen LogP contribution is 2.33. The van der Waals surface area contributed by atoms with Gasteiger partial charge in [0.1, 0.15) is 0 Å². The first-order valence-corrected chi connectivity index (χ1v) is 10.8. The average molecular weight is 396 g/mol. The normalized spacial score (nSPS) is 20.1. The molecule has 0 atom stereocenters. The predicted octanol–water partition coefficient (Wildman–Crippen LogP) is 4.03. The van der Waals surface area contributed by atoms with Crippen molar-refractivity contribution in [3.63, 3.8) is 0 Å². The maximum Gasteiger partial charge on any atom is 0.268 e. The number of ether oxygens (including phenoxy) is 1. The monoisotopic (exact) mass is 395 g/mol. The fourth-order valence-corrected chi connectivity index (χ4v) is 4.70. The van der Waals surface area contributed by atoms with Gasteiger partial charge in [-0.15, -0.1) is 10.2 Å². The van der Waals surface area contributed by atoms with Crippen molar-refractivity contribution in [1.29, 1.82) is 0 Å². The SMILES string of the molecule is CC(C)n1nc(-c2nnc(C3CCN(C4CCOCC4)CC3)o2)c2ccccc21. The third kappa shape index (κ3) is 3.57. The fourth-order valence-electron chi connectivity index (χ4n) is 4.70. The van der Waals surface area contributed by atoms with Gasteiger partial charge in [0, 0.05) is 36.6 Å². The van der Waals surface area contributed by atoms with E-state index >= 15 is 0 Å². The van der Waals surface area contributed by atoms with Crippen LogP contribution >= 0.6 is 0 Å². The molecule has 0 spiro atoms. The van der Waals surface area contributed by atoms with E-state index in [-0.39, 0.29) is 6.04 Å². The van der Waals surface area contributed by atoms with Crippen molar-refractivity contribution in [2.75, 3.05) is 26.3 Å². The van der Waals surface area contributed by atoms with E-state index in [1.165, 1.54) is 0 Å². The van der Waals surface area contributed by atoms with Gasteiger partial charge < -0.3 is 14.1 Å². The van der Waals surface area contributed by atoms with Crippen LogP contribution in [-0.2, 0) is 4.74 Å². The Morgan fingerprint density at radius 1 is 1.00 bits per heavy atom. The van der Waals surface area contributed by atoms with Gasteiger partial charge in [0.15, 0.2) is 5.69 Å². The van der Waals surface area contributed by atoms with Gasteiger partial charge in [0.2, 0.25) is 5.89 Å². The number of hydrogen-bond acceptors (Lipinski definition) is 6. The zero-order valence-electron chi connectivity index (χ0n) is 17.3. The molecule has 0 aliphatic carbocycles. The molecule has 0 amide bonds. The van der Waals surface area contributed by atoms with Crippen LogP contribution in [0.4, 0.5) is 0 Å². The van der Waals surface area contributed by atoms with Gasteiger partial charge in [-0.3, -0.25) is 4.68 Å². The molecule has 154 valence electrons. The van der Waals surface area contributed by atoms with E-state index in [9.17, 15) is 0 Å². The minimum atomic E-state index is 0.269. The zero-order chi connectivity index (χ0) is 19.8. The van der Waals surface area contributed by atoms with Crippen LogP contribution in [0.3, 0.4) is 0 Å². The fraction of sp³-hybridized carbons (Fsp3) is 0.591. The molecule has 7 nitrogen and oxygen atoms in total. The Kier molecular flexibility index (Phi) is 5.09. The van der Waals surface area contributed by atoms with E-state index in [1.54, 1.807) is 0 Å². The van der Waals surface area contributed by atoms with Crippen LogP contribution in [0.1, 0.15) is 57.4 Å². The van der Waals surface area contributed by atoms with Gasteiger partial charge in [0.25, 0.3) is 5.89 Å². The van der Waals surface area contributed by atoms with Gasteiger partial charge in [-0.25, -0.2) is 0 Å². The van der Waals surface area contributed by atoms with Crippen molar-refractivity contribution in [2.24, 2.45) is 0 Å². The quantitative estimate of drug-likeness (QED) is 0.664. The molecule has 2 aliphatic rings.